The number of epoxide rings is 1. The van der Waals surface area contributed by atoms with Crippen molar-refractivity contribution >= 4 is 29.2 Å². The maximum absolute atomic E-state index is 14.2. The third-order valence-electron chi connectivity index (χ3n) is 9.97. The third kappa shape index (κ3) is 14.6. The minimum absolute atomic E-state index is 0. The van der Waals surface area contributed by atoms with Crippen LogP contribution >= 0.6 is 0 Å². The fourth-order valence-corrected chi connectivity index (χ4v) is 6.84. The first-order chi connectivity index (χ1) is 24.8. The molecule has 0 saturated carbocycles. The van der Waals surface area contributed by atoms with E-state index in [2.05, 4.69) is 15.5 Å². The number of nitrogens with one attached hydrogen (secondary N) is 2. The van der Waals surface area contributed by atoms with E-state index in [4.69, 9.17) is 9.47 Å². The minimum Gasteiger partial charge on any atom is -0.379 e. The van der Waals surface area contributed by atoms with Gasteiger partial charge in [0.1, 0.15) is 11.4 Å². The lowest BCUT2D eigenvalue weighted by molar-refractivity contribution is -0.136. The molecule has 0 unspecified atom stereocenters. The standard InChI is InChI=1S/C42H59N3O7.CH4/c1-29(2)22-36(43-40(49)33(17-16-31-12-8-6-9-13-31)25-35(46)27-45-18-20-51-21-19-45)38(47)26-34(24-32-14-10-7-11-15-32)41(50)44-37(23-30(3)4)39(48)42(5)28-52-42;/h6-15,29-30,33-34,36-37H,16-28H2,1-5H3,(H,43,49)(H,44,50);1H4/t33-,34-,36+,37+,42-;/m1./s1. The topological polar surface area (TPSA) is 134 Å². The predicted molar refractivity (Wildman–Crippen MR) is 207 cm³/mol. The summed E-state index contributed by atoms with van der Waals surface area (Å²) in [6.45, 7) is 12.8. The van der Waals surface area contributed by atoms with Gasteiger partial charge in [-0.1, -0.05) is 95.8 Å². The molecule has 0 aromatic heterocycles. The second-order valence-electron chi connectivity index (χ2n) is 15.7. The van der Waals surface area contributed by atoms with Gasteiger partial charge in [-0.15, -0.1) is 0 Å². The van der Waals surface area contributed by atoms with Crippen molar-refractivity contribution in [2.75, 3.05) is 39.5 Å². The maximum atomic E-state index is 14.2. The van der Waals surface area contributed by atoms with Gasteiger partial charge in [-0.3, -0.25) is 28.9 Å². The van der Waals surface area contributed by atoms with Gasteiger partial charge in [0.25, 0.3) is 0 Å². The molecule has 5 atom stereocenters. The highest BCUT2D eigenvalue weighted by Crippen LogP contribution is 2.30. The van der Waals surface area contributed by atoms with E-state index in [1.807, 2.05) is 88.4 Å². The minimum atomic E-state index is -0.898. The smallest absolute Gasteiger partial charge is 0.224 e. The van der Waals surface area contributed by atoms with Crippen LogP contribution in [0.2, 0.25) is 0 Å². The Kier molecular flexibility index (Phi) is 17.5. The Morgan fingerprint density at radius 2 is 1.28 bits per heavy atom. The summed E-state index contributed by atoms with van der Waals surface area (Å²) in [5.74, 6) is -2.27. The Balaban J connectivity index is 0.00000756. The normalized spacial score (nSPS) is 19.4. The van der Waals surface area contributed by atoms with Gasteiger partial charge in [-0.25, -0.2) is 0 Å². The van der Waals surface area contributed by atoms with Crippen molar-refractivity contribution in [3.63, 3.8) is 0 Å². The van der Waals surface area contributed by atoms with Crippen molar-refractivity contribution in [2.24, 2.45) is 23.7 Å². The number of hydrogen-bond acceptors (Lipinski definition) is 8. The molecule has 2 aromatic rings. The van der Waals surface area contributed by atoms with Crippen LogP contribution in [-0.4, -0.2) is 91.2 Å². The van der Waals surface area contributed by atoms with E-state index in [0.29, 0.717) is 65.0 Å². The van der Waals surface area contributed by atoms with Gasteiger partial charge in [-0.05, 0) is 62.0 Å². The summed E-state index contributed by atoms with van der Waals surface area (Å²) in [5, 5.41) is 6.03. The summed E-state index contributed by atoms with van der Waals surface area (Å²) in [4.78, 5) is 71.0. The van der Waals surface area contributed by atoms with Crippen molar-refractivity contribution in [3.05, 3.63) is 71.8 Å². The highest BCUT2D eigenvalue weighted by molar-refractivity contribution is 5.98. The predicted octanol–water partition coefficient (Wildman–Crippen LogP) is 5.40. The Morgan fingerprint density at radius 3 is 1.85 bits per heavy atom. The van der Waals surface area contributed by atoms with Crippen molar-refractivity contribution < 1.29 is 33.4 Å². The van der Waals surface area contributed by atoms with Crippen LogP contribution in [0.3, 0.4) is 0 Å². The van der Waals surface area contributed by atoms with Crippen LogP contribution in [0.15, 0.2) is 60.7 Å². The van der Waals surface area contributed by atoms with Gasteiger partial charge >= 0.3 is 0 Å². The number of ketones is 3. The van der Waals surface area contributed by atoms with Crippen molar-refractivity contribution in [1.82, 2.24) is 15.5 Å². The fourth-order valence-electron chi connectivity index (χ4n) is 6.84. The van der Waals surface area contributed by atoms with Crippen LogP contribution < -0.4 is 10.6 Å². The summed E-state index contributed by atoms with van der Waals surface area (Å²) in [5.41, 5.74) is 1.07. The molecule has 0 aliphatic carbocycles. The average Bonchev–Trinajstić information content (AvgIpc) is 3.87. The zero-order valence-electron chi connectivity index (χ0n) is 31.7. The SMILES string of the molecule is C.CC(C)C[C@H](NC(=O)[C@H](CCc1ccccc1)CC(=O)CN1CCOCC1)C(=O)C[C@@H](Cc1ccccc1)C(=O)N[C@@H](CC(C)C)C(=O)[C@@]1(C)CO1. The molecule has 2 aliphatic rings. The van der Waals surface area contributed by atoms with Crippen molar-refractivity contribution in [2.45, 2.75) is 105 Å². The molecule has 53 heavy (non-hydrogen) atoms. The van der Waals surface area contributed by atoms with Crippen LogP contribution in [0.4, 0.5) is 0 Å². The number of Topliss-reactive ketones (excluding diaryl/α,β-unsaturated/α-hetero) is 3. The quantitative estimate of drug-likeness (QED) is 0.154. The summed E-state index contributed by atoms with van der Waals surface area (Å²) in [6, 6.07) is 17.8. The molecule has 2 heterocycles. The Bertz CT molecular complexity index is 1470. The number of carbonyl (C=O) groups excluding carboxylic acids is 5. The first kappa shape index (κ1) is 43.7. The molecular formula is C43H63N3O7. The largest absolute Gasteiger partial charge is 0.379 e. The number of amides is 2. The van der Waals surface area contributed by atoms with Crippen LogP contribution in [0.5, 0.6) is 0 Å². The van der Waals surface area contributed by atoms with Gasteiger partial charge in [-0.2, -0.15) is 0 Å². The fraction of sp³-hybridized carbons (Fsp3) is 0.605. The molecule has 10 heteroatoms. The number of carbonyl (C=O) groups is 5. The summed E-state index contributed by atoms with van der Waals surface area (Å²) < 4.78 is 10.9. The van der Waals surface area contributed by atoms with E-state index in [9.17, 15) is 24.0 Å². The molecule has 0 spiro atoms. The molecule has 2 fully saturated rings. The van der Waals surface area contributed by atoms with Gasteiger partial charge in [0, 0.05) is 37.8 Å². The van der Waals surface area contributed by atoms with Gasteiger partial charge < -0.3 is 20.1 Å². The molecule has 4 rings (SSSR count). The van der Waals surface area contributed by atoms with Gasteiger partial charge in [0.2, 0.25) is 11.8 Å². The zero-order chi connectivity index (χ0) is 37.7. The number of benzene rings is 2. The molecule has 292 valence electrons. The van der Waals surface area contributed by atoms with E-state index in [-0.39, 0.29) is 67.8 Å². The third-order valence-corrected chi connectivity index (χ3v) is 9.97. The summed E-state index contributed by atoms with van der Waals surface area (Å²) in [7, 11) is 0. The lowest BCUT2D eigenvalue weighted by atomic mass is 9.87. The van der Waals surface area contributed by atoms with E-state index in [1.54, 1.807) is 6.92 Å². The average molecular weight is 734 g/mol. The molecule has 2 N–H and O–H groups in total. The Labute approximate surface area is 317 Å². The number of morpholine rings is 1. The summed E-state index contributed by atoms with van der Waals surface area (Å²) in [6.07, 6.45) is 2.18. The lowest BCUT2D eigenvalue weighted by Gasteiger charge is -2.28. The highest BCUT2D eigenvalue weighted by atomic mass is 16.6. The molecule has 2 amide bonds. The highest BCUT2D eigenvalue weighted by Gasteiger charge is 2.50. The van der Waals surface area contributed by atoms with Gasteiger partial charge in [0.15, 0.2) is 11.6 Å². The summed E-state index contributed by atoms with van der Waals surface area (Å²) >= 11 is 0. The molecule has 0 radical (unpaired) electrons. The van der Waals surface area contributed by atoms with E-state index in [0.717, 1.165) is 11.1 Å². The lowest BCUT2D eigenvalue weighted by Crippen LogP contribution is -2.50. The van der Waals surface area contributed by atoms with E-state index < -0.39 is 29.5 Å². The second kappa shape index (κ2) is 21.2. The Morgan fingerprint density at radius 1 is 0.755 bits per heavy atom. The van der Waals surface area contributed by atoms with Gasteiger partial charge in [0.05, 0.1) is 38.4 Å². The number of nitrogens with zero attached hydrogens (tertiary/aromatic N) is 1. The number of aryl methyl sites for hydroxylation is 1. The van der Waals surface area contributed by atoms with Crippen LogP contribution in [0.1, 0.15) is 85.3 Å². The second-order valence-corrected chi connectivity index (χ2v) is 15.7. The number of hydrogen-bond donors (Lipinski definition) is 2. The molecular weight excluding hydrogens is 670 g/mol. The van der Waals surface area contributed by atoms with E-state index >= 15 is 0 Å². The van der Waals surface area contributed by atoms with E-state index in [1.165, 1.54) is 0 Å². The number of rotatable bonds is 22. The van der Waals surface area contributed by atoms with Crippen molar-refractivity contribution in [3.8, 4) is 0 Å². The first-order valence-electron chi connectivity index (χ1n) is 19.0. The Hall–Kier alpha value is -3.73. The molecule has 0 bridgehead atoms. The van der Waals surface area contributed by atoms with Crippen molar-refractivity contribution in [1.29, 1.82) is 0 Å². The monoisotopic (exact) mass is 733 g/mol. The van der Waals surface area contributed by atoms with Crippen LogP contribution in [-0.2, 0) is 46.3 Å². The van der Waals surface area contributed by atoms with Crippen LogP contribution in [0, 0.1) is 23.7 Å². The number of ether oxygens (including phenoxy) is 2. The molecule has 2 aliphatic heterocycles. The molecule has 2 saturated heterocycles. The zero-order valence-corrected chi connectivity index (χ0v) is 31.7. The molecule has 2 aromatic carbocycles. The first-order valence-corrected chi connectivity index (χ1v) is 19.0. The molecule has 10 nitrogen and oxygen atoms in total. The maximum Gasteiger partial charge on any atom is 0.224 e. The van der Waals surface area contributed by atoms with Crippen LogP contribution in [0.25, 0.3) is 0 Å².